The maximum absolute atomic E-state index is 11.9. The first-order valence-corrected chi connectivity index (χ1v) is 9.14. The summed E-state index contributed by atoms with van der Waals surface area (Å²) in [6, 6.07) is 0. The summed E-state index contributed by atoms with van der Waals surface area (Å²) in [4.78, 5) is 11.9. The number of ketones is 1. The molecule has 0 radical (unpaired) electrons. The zero-order valence-corrected chi connectivity index (χ0v) is 13.6. The lowest BCUT2D eigenvalue weighted by Crippen LogP contribution is -2.57. The summed E-state index contributed by atoms with van der Waals surface area (Å²) in [6.07, 6.45) is 10.0. The van der Waals surface area contributed by atoms with Gasteiger partial charge in [0.1, 0.15) is 5.78 Å². The van der Waals surface area contributed by atoms with Crippen molar-refractivity contribution >= 4 is 5.78 Å². The first kappa shape index (κ1) is 14.2. The van der Waals surface area contributed by atoms with Crippen LogP contribution in [0.4, 0.5) is 0 Å². The molecule has 7 atom stereocenters. The highest BCUT2D eigenvalue weighted by Gasteiger charge is 2.60. The van der Waals surface area contributed by atoms with Crippen molar-refractivity contribution in [2.75, 3.05) is 0 Å². The maximum atomic E-state index is 11.9. The quantitative estimate of drug-likeness (QED) is 0.733. The normalized spacial score (nSPS) is 56.5. The van der Waals surface area contributed by atoms with E-state index >= 15 is 0 Å². The highest BCUT2D eigenvalue weighted by molar-refractivity contribution is 5.79. The van der Waals surface area contributed by atoms with Crippen LogP contribution in [0.1, 0.15) is 71.6 Å². The topological polar surface area (TPSA) is 37.3 Å². The zero-order chi connectivity index (χ0) is 14.8. The molecule has 21 heavy (non-hydrogen) atoms. The minimum atomic E-state index is -0.151. The van der Waals surface area contributed by atoms with Gasteiger partial charge in [-0.2, -0.15) is 0 Å². The van der Waals surface area contributed by atoms with Gasteiger partial charge in [0, 0.05) is 12.8 Å². The average molecular weight is 290 g/mol. The highest BCUT2D eigenvalue weighted by atomic mass is 16.3. The number of aliphatic hydroxyl groups excluding tert-OH is 1. The fraction of sp³-hybridized carbons (Fsp3) is 0.947. The van der Waals surface area contributed by atoms with Crippen LogP contribution in [0.15, 0.2) is 0 Å². The number of aliphatic hydroxyl groups is 1. The van der Waals surface area contributed by atoms with Gasteiger partial charge >= 0.3 is 0 Å². The van der Waals surface area contributed by atoms with Crippen molar-refractivity contribution in [1.82, 2.24) is 0 Å². The largest absolute Gasteiger partial charge is 0.393 e. The molecule has 4 saturated carbocycles. The standard InChI is InChI=1S/C19H30O2/c1-18-7-3-4-14(18)17-15(6-8-18)19(2)9-5-13(20)10-12(19)11-16(17)21/h12,14-17,21H,3-11H2,1-2H3/t12-,14+,15+,16?,17+,18+,19+/m1/s1. The Bertz CT molecular complexity index is 458. The summed E-state index contributed by atoms with van der Waals surface area (Å²) >= 11 is 0. The lowest BCUT2D eigenvalue weighted by atomic mass is 9.44. The van der Waals surface area contributed by atoms with E-state index in [4.69, 9.17) is 0 Å². The van der Waals surface area contributed by atoms with Gasteiger partial charge in [0.15, 0.2) is 0 Å². The van der Waals surface area contributed by atoms with E-state index in [1.165, 1.54) is 32.1 Å². The van der Waals surface area contributed by atoms with Gasteiger partial charge in [0.05, 0.1) is 6.10 Å². The molecule has 0 heterocycles. The molecule has 0 aliphatic heterocycles. The zero-order valence-electron chi connectivity index (χ0n) is 13.6. The lowest BCUT2D eigenvalue weighted by molar-refractivity contribution is -0.163. The maximum Gasteiger partial charge on any atom is 0.133 e. The summed E-state index contributed by atoms with van der Waals surface area (Å²) in [6.45, 7) is 4.93. The Morgan fingerprint density at radius 2 is 1.90 bits per heavy atom. The predicted octanol–water partition coefficient (Wildman–Crippen LogP) is 3.96. The van der Waals surface area contributed by atoms with Gasteiger partial charge < -0.3 is 5.11 Å². The minimum absolute atomic E-state index is 0.151. The smallest absolute Gasteiger partial charge is 0.133 e. The van der Waals surface area contributed by atoms with Crippen LogP contribution >= 0.6 is 0 Å². The summed E-state index contributed by atoms with van der Waals surface area (Å²) in [5, 5.41) is 10.9. The fourth-order valence-electron chi connectivity index (χ4n) is 7.00. The molecule has 0 aromatic rings. The summed E-state index contributed by atoms with van der Waals surface area (Å²) in [5.74, 6) is 2.79. The molecule has 0 aromatic heterocycles. The van der Waals surface area contributed by atoms with E-state index in [2.05, 4.69) is 13.8 Å². The molecule has 0 spiro atoms. The van der Waals surface area contributed by atoms with Crippen molar-refractivity contribution in [3.05, 3.63) is 0 Å². The number of fused-ring (bicyclic) bond motifs is 5. The second kappa shape index (κ2) is 4.57. The lowest BCUT2D eigenvalue weighted by Gasteiger charge is -2.61. The van der Waals surface area contributed by atoms with Crippen LogP contribution in [-0.2, 0) is 4.79 Å². The molecule has 1 N–H and O–H groups in total. The van der Waals surface area contributed by atoms with Crippen LogP contribution in [0, 0.1) is 34.5 Å². The number of rotatable bonds is 0. The van der Waals surface area contributed by atoms with E-state index in [9.17, 15) is 9.90 Å². The first-order valence-electron chi connectivity index (χ1n) is 9.14. The Labute approximate surface area is 128 Å². The number of Topliss-reactive ketones (excluding diaryl/α,β-unsaturated/α-hetero) is 1. The van der Waals surface area contributed by atoms with Gasteiger partial charge in [-0.3, -0.25) is 4.79 Å². The van der Waals surface area contributed by atoms with Crippen LogP contribution in [0.25, 0.3) is 0 Å². The monoisotopic (exact) mass is 290 g/mol. The van der Waals surface area contributed by atoms with Crippen molar-refractivity contribution in [2.45, 2.75) is 77.7 Å². The van der Waals surface area contributed by atoms with E-state index in [1.807, 2.05) is 0 Å². The molecule has 0 aromatic carbocycles. The third-order valence-corrected chi connectivity index (χ3v) is 8.28. The molecule has 118 valence electrons. The first-order chi connectivity index (χ1) is 9.94. The van der Waals surface area contributed by atoms with Gasteiger partial charge in [-0.1, -0.05) is 20.3 Å². The molecule has 1 unspecified atom stereocenters. The molecule has 0 saturated heterocycles. The predicted molar refractivity (Wildman–Crippen MR) is 82.7 cm³/mol. The Kier molecular flexibility index (Phi) is 3.10. The minimum Gasteiger partial charge on any atom is -0.393 e. The van der Waals surface area contributed by atoms with E-state index in [0.29, 0.717) is 34.4 Å². The van der Waals surface area contributed by atoms with Crippen LogP contribution in [0.3, 0.4) is 0 Å². The van der Waals surface area contributed by atoms with Crippen LogP contribution < -0.4 is 0 Å². The van der Waals surface area contributed by atoms with E-state index in [0.717, 1.165) is 31.6 Å². The van der Waals surface area contributed by atoms with Crippen molar-refractivity contribution in [3.63, 3.8) is 0 Å². The Hall–Kier alpha value is -0.370. The van der Waals surface area contributed by atoms with Crippen LogP contribution in [-0.4, -0.2) is 17.0 Å². The van der Waals surface area contributed by atoms with E-state index in [-0.39, 0.29) is 6.10 Å². The number of carbonyl (C=O) groups excluding carboxylic acids is 1. The Morgan fingerprint density at radius 3 is 2.71 bits per heavy atom. The SMILES string of the molecule is C[C@@]12CCC[C@H]1[C@@H]1C(O)C[C@H]3CC(=O)CC[C@]3(C)[C@H]1CC2. The van der Waals surface area contributed by atoms with Crippen LogP contribution in [0.5, 0.6) is 0 Å². The Morgan fingerprint density at radius 1 is 1.10 bits per heavy atom. The van der Waals surface area contributed by atoms with Crippen molar-refractivity contribution in [2.24, 2.45) is 34.5 Å². The van der Waals surface area contributed by atoms with Gasteiger partial charge in [0.25, 0.3) is 0 Å². The third kappa shape index (κ3) is 1.90. The second-order valence-corrected chi connectivity index (χ2v) is 9.12. The molecule has 0 amide bonds. The van der Waals surface area contributed by atoms with Gasteiger partial charge in [-0.05, 0) is 73.0 Å². The number of carbonyl (C=O) groups is 1. The summed E-state index contributed by atoms with van der Waals surface area (Å²) in [7, 11) is 0. The molecule has 2 nitrogen and oxygen atoms in total. The number of hydrogen-bond donors (Lipinski definition) is 1. The van der Waals surface area contributed by atoms with Gasteiger partial charge in [0.2, 0.25) is 0 Å². The molecule has 0 bridgehead atoms. The van der Waals surface area contributed by atoms with E-state index < -0.39 is 0 Å². The van der Waals surface area contributed by atoms with Crippen molar-refractivity contribution < 1.29 is 9.90 Å². The fourth-order valence-corrected chi connectivity index (χ4v) is 7.00. The molecule has 4 aliphatic carbocycles. The molecular formula is C19H30O2. The molecule has 4 aliphatic rings. The average Bonchev–Trinajstić information content (AvgIpc) is 2.82. The van der Waals surface area contributed by atoms with Gasteiger partial charge in [-0.25, -0.2) is 0 Å². The highest BCUT2D eigenvalue weighted by Crippen LogP contribution is 2.65. The Balaban J connectivity index is 1.68. The van der Waals surface area contributed by atoms with E-state index in [1.54, 1.807) is 0 Å². The number of hydrogen-bond acceptors (Lipinski definition) is 2. The second-order valence-electron chi connectivity index (χ2n) is 9.12. The van der Waals surface area contributed by atoms with Gasteiger partial charge in [-0.15, -0.1) is 0 Å². The third-order valence-electron chi connectivity index (χ3n) is 8.28. The van der Waals surface area contributed by atoms with Crippen molar-refractivity contribution in [3.8, 4) is 0 Å². The molecule has 4 rings (SSSR count). The summed E-state index contributed by atoms with van der Waals surface area (Å²) < 4.78 is 0. The van der Waals surface area contributed by atoms with Crippen molar-refractivity contribution in [1.29, 1.82) is 0 Å². The molecule has 2 heteroatoms. The molecular weight excluding hydrogens is 260 g/mol. The van der Waals surface area contributed by atoms with Crippen LogP contribution in [0.2, 0.25) is 0 Å². The molecule has 4 fully saturated rings. The summed E-state index contributed by atoms with van der Waals surface area (Å²) in [5.41, 5.74) is 0.817.